The van der Waals surface area contributed by atoms with Crippen molar-refractivity contribution >= 4 is 17.6 Å². The maximum absolute atomic E-state index is 13.2. The fraction of sp³-hybridized carbons (Fsp3) is 0.600. The van der Waals surface area contributed by atoms with Crippen LogP contribution in [0, 0.1) is 13.8 Å². The molecule has 3 fully saturated rings. The van der Waals surface area contributed by atoms with Gasteiger partial charge in [0.15, 0.2) is 0 Å². The van der Waals surface area contributed by atoms with E-state index >= 15 is 0 Å². The molecule has 4 rings (SSSR count). The van der Waals surface area contributed by atoms with Crippen LogP contribution in [0.5, 0.6) is 0 Å². The third-order valence-corrected chi connectivity index (χ3v) is 6.00. The van der Waals surface area contributed by atoms with Crippen LogP contribution in [0.2, 0.25) is 0 Å². The van der Waals surface area contributed by atoms with Crippen molar-refractivity contribution in [2.75, 3.05) is 18.4 Å². The van der Waals surface area contributed by atoms with Gasteiger partial charge in [0.1, 0.15) is 5.54 Å². The molecule has 5 nitrogen and oxygen atoms in total. The molecule has 1 atom stereocenters. The minimum atomic E-state index is -0.608. The summed E-state index contributed by atoms with van der Waals surface area (Å²) in [5.74, 6) is 0.190. The molecule has 0 radical (unpaired) electrons. The maximum atomic E-state index is 13.2. The Morgan fingerprint density at radius 2 is 1.88 bits per heavy atom. The second kappa shape index (κ2) is 6.04. The van der Waals surface area contributed by atoms with E-state index in [0.29, 0.717) is 12.6 Å². The quantitative estimate of drug-likeness (QED) is 0.896. The van der Waals surface area contributed by atoms with Gasteiger partial charge in [-0.1, -0.05) is 12.1 Å². The van der Waals surface area contributed by atoms with Crippen molar-refractivity contribution in [1.82, 2.24) is 9.80 Å². The van der Waals surface area contributed by atoms with E-state index < -0.39 is 5.54 Å². The lowest BCUT2D eigenvalue weighted by Gasteiger charge is -2.44. The summed E-state index contributed by atoms with van der Waals surface area (Å²) in [5.41, 5.74) is 2.39. The van der Waals surface area contributed by atoms with E-state index in [9.17, 15) is 9.59 Å². The molecule has 3 amide bonds. The minimum absolute atomic E-state index is 0.128. The van der Waals surface area contributed by atoms with Crippen LogP contribution in [-0.4, -0.2) is 46.4 Å². The number of urea groups is 1. The van der Waals surface area contributed by atoms with E-state index in [1.54, 1.807) is 0 Å². The second-order valence-electron chi connectivity index (χ2n) is 7.87. The van der Waals surface area contributed by atoms with Crippen LogP contribution >= 0.6 is 0 Å². The van der Waals surface area contributed by atoms with Gasteiger partial charge in [0.2, 0.25) is 5.91 Å². The molecule has 2 saturated heterocycles. The lowest BCUT2D eigenvalue weighted by atomic mass is 9.85. The van der Waals surface area contributed by atoms with E-state index in [1.165, 1.54) is 0 Å². The zero-order valence-electron chi connectivity index (χ0n) is 15.2. The first-order chi connectivity index (χ1) is 12.0. The highest BCUT2D eigenvalue weighted by Gasteiger charge is 2.54. The molecular weight excluding hydrogens is 314 g/mol. The van der Waals surface area contributed by atoms with Gasteiger partial charge in [0.05, 0.1) is 0 Å². The van der Waals surface area contributed by atoms with Crippen LogP contribution in [-0.2, 0) is 4.79 Å². The van der Waals surface area contributed by atoms with Gasteiger partial charge >= 0.3 is 6.03 Å². The van der Waals surface area contributed by atoms with Gasteiger partial charge in [-0.25, -0.2) is 4.79 Å². The number of hydrogen-bond donors (Lipinski definition) is 1. The summed E-state index contributed by atoms with van der Waals surface area (Å²) in [6, 6.07) is 6.35. The summed E-state index contributed by atoms with van der Waals surface area (Å²) >= 11 is 0. The number of hydrogen-bond acceptors (Lipinski definition) is 2. The molecule has 0 aromatic heterocycles. The molecule has 2 aliphatic heterocycles. The molecular formula is C20H27N3O2. The zero-order valence-corrected chi connectivity index (χ0v) is 15.2. The Hall–Kier alpha value is -2.04. The van der Waals surface area contributed by atoms with Crippen molar-refractivity contribution in [2.24, 2.45) is 0 Å². The normalized spacial score (nSPS) is 26.4. The van der Waals surface area contributed by atoms with Crippen molar-refractivity contribution in [3.63, 3.8) is 0 Å². The number of likely N-dealkylation sites (tertiary alicyclic amines) is 2. The average Bonchev–Trinajstić information content (AvgIpc) is 3.34. The lowest BCUT2D eigenvalue weighted by molar-refractivity contribution is -0.146. The number of nitrogens with one attached hydrogen (secondary N) is 1. The Kier molecular flexibility index (Phi) is 3.97. The van der Waals surface area contributed by atoms with Gasteiger partial charge in [-0.3, -0.25) is 4.79 Å². The first kappa shape index (κ1) is 16.4. The van der Waals surface area contributed by atoms with Crippen molar-refractivity contribution in [3.05, 3.63) is 29.3 Å². The third-order valence-electron chi connectivity index (χ3n) is 6.00. The van der Waals surface area contributed by atoms with E-state index in [2.05, 4.69) is 5.32 Å². The van der Waals surface area contributed by atoms with Gasteiger partial charge in [0.25, 0.3) is 0 Å². The van der Waals surface area contributed by atoms with Crippen molar-refractivity contribution in [2.45, 2.75) is 64.0 Å². The van der Waals surface area contributed by atoms with Crippen LogP contribution in [0.15, 0.2) is 18.2 Å². The van der Waals surface area contributed by atoms with Gasteiger partial charge in [-0.15, -0.1) is 0 Å². The first-order valence-corrected chi connectivity index (χ1v) is 9.48. The average molecular weight is 341 g/mol. The summed E-state index contributed by atoms with van der Waals surface area (Å²) in [7, 11) is 0. The predicted molar refractivity (Wildman–Crippen MR) is 97.6 cm³/mol. The van der Waals surface area contributed by atoms with Crippen molar-refractivity contribution in [3.8, 4) is 0 Å². The molecule has 134 valence electrons. The maximum Gasteiger partial charge on any atom is 0.322 e. The largest absolute Gasteiger partial charge is 0.338 e. The highest BCUT2D eigenvalue weighted by atomic mass is 16.2. The first-order valence-electron chi connectivity index (χ1n) is 9.48. The van der Waals surface area contributed by atoms with Crippen molar-refractivity contribution < 1.29 is 9.59 Å². The topological polar surface area (TPSA) is 52.7 Å². The van der Waals surface area contributed by atoms with E-state index in [1.807, 2.05) is 41.8 Å². The fourth-order valence-corrected chi connectivity index (χ4v) is 4.46. The SMILES string of the molecule is Cc1ccc(C)c(NC(=O)N2CCCC23CCCN(C2CC2)C3=O)c1. The fourth-order valence-electron chi connectivity index (χ4n) is 4.46. The van der Waals surface area contributed by atoms with Crippen LogP contribution < -0.4 is 5.32 Å². The molecule has 0 bridgehead atoms. The molecule has 1 spiro atoms. The summed E-state index contributed by atoms with van der Waals surface area (Å²) in [6.45, 7) is 5.54. The Morgan fingerprint density at radius 3 is 2.60 bits per heavy atom. The van der Waals surface area contributed by atoms with E-state index in [-0.39, 0.29) is 11.9 Å². The molecule has 1 unspecified atom stereocenters. The lowest BCUT2D eigenvalue weighted by Crippen LogP contribution is -2.62. The number of aryl methyl sites for hydroxylation is 2. The Morgan fingerprint density at radius 1 is 1.16 bits per heavy atom. The number of piperidine rings is 1. The van der Waals surface area contributed by atoms with Gasteiger partial charge in [-0.05, 0) is 69.6 Å². The number of amides is 3. The monoisotopic (exact) mass is 341 g/mol. The highest BCUT2D eigenvalue weighted by molar-refractivity contribution is 5.97. The highest BCUT2D eigenvalue weighted by Crippen LogP contribution is 2.42. The van der Waals surface area contributed by atoms with Gasteiger partial charge in [0, 0.05) is 24.8 Å². The Bertz CT molecular complexity index is 713. The van der Waals surface area contributed by atoms with Crippen molar-refractivity contribution in [1.29, 1.82) is 0 Å². The smallest absolute Gasteiger partial charge is 0.322 e. The number of benzene rings is 1. The molecule has 1 aliphatic carbocycles. The van der Waals surface area contributed by atoms with Gasteiger partial charge in [-0.2, -0.15) is 0 Å². The standard InChI is InChI=1S/C20H27N3O2/c1-14-5-6-15(2)17(13-14)21-19(25)23-12-4-10-20(23)9-3-11-22(18(20)24)16-7-8-16/h5-6,13,16H,3-4,7-12H2,1-2H3,(H,21,25). The summed E-state index contributed by atoms with van der Waals surface area (Å²) in [4.78, 5) is 30.1. The number of carbonyl (C=O) groups is 2. The molecule has 3 aliphatic rings. The third kappa shape index (κ3) is 2.79. The van der Waals surface area contributed by atoms with E-state index in [0.717, 1.165) is 61.9 Å². The number of anilines is 1. The van der Waals surface area contributed by atoms with Gasteiger partial charge < -0.3 is 15.1 Å². The summed E-state index contributed by atoms with van der Waals surface area (Å²) < 4.78 is 0. The molecule has 1 aromatic rings. The second-order valence-corrected chi connectivity index (χ2v) is 7.87. The molecule has 2 heterocycles. The number of rotatable bonds is 2. The molecule has 25 heavy (non-hydrogen) atoms. The number of carbonyl (C=O) groups excluding carboxylic acids is 2. The molecule has 5 heteroatoms. The van der Waals surface area contributed by atoms with Crippen LogP contribution in [0.4, 0.5) is 10.5 Å². The zero-order chi connectivity index (χ0) is 17.6. The van der Waals surface area contributed by atoms with E-state index in [4.69, 9.17) is 0 Å². The number of nitrogens with zero attached hydrogens (tertiary/aromatic N) is 2. The Balaban J connectivity index is 1.57. The molecule has 1 N–H and O–H groups in total. The van der Waals surface area contributed by atoms with Crippen LogP contribution in [0.3, 0.4) is 0 Å². The van der Waals surface area contributed by atoms with Crippen LogP contribution in [0.1, 0.15) is 49.7 Å². The molecule has 1 saturated carbocycles. The summed E-state index contributed by atoms with van der Waals surface area (Å²) in [6.07, 6.45) is 5.75. The Labute approximate surface area is 149 Å². The predicted octanol–water partition coefficient (Wildman–Crippen LogP) is 3.45. The molecule has 1 aromatic carbocycles. The minimum Gasteiger partial charge on any atom is -0.338 e. The summed E-state index contributed by atoms with van der Waals surface area (Å²) in [5, 5.41) is 3.06. The van der Waals surface area contributed by atoms with Crippen LogP contribution in [0.25, 0.3) is 0 Å².